The van der Waals surface area contributed by atoms with Crippen molar-refractivity contribution in [1.82, 2.24) is 0 Å². The van der Waals surface area contributed by atoms with E-state index >= 15 is 0 Å². The van der Waals surface area contributed by atoms with E-state index in [-0.39, 0.29) is 18.2 Å². The summed E-state index contributed by atoms with van der Waals surface area (Å²) in [4.78, 5) is 10.8. The molecule has 4 nitrogen and oxygen atoms in total. The number of esters is 1. The van der Waals surface area contributed by atoms with E-state index in [1.165, 1.54) is 38.9 Å². The standard InChI is InChI=1S/C19H34O4/c1-3-4-5-6-9-12-17(20)15-16-18(21)13-10-7-8-11-14-19(22)23-2/h7-8,11,14,17-18,20-21H,3-6,9-10,12-13,15-16H2,1-2H3. The van der Waals surface area contributed by atoms with Gasteiger partial charge in [0.1, 0.15) is 0 Å². The van der Waals surface area contributed by atoms with Crippen molar-refractivity contribution in [1.29, 1.82) is 0 Å². The van der Waals surface area contributed by atoms with Crippen LogP contribution in [0.1, 0.15) is 71.1 Å². The first-order valence-electron chi connectivity index (χ1n) is 8.87. The van der Waals surface area contributed by atoms with Crippen LogP contribution < -0.4 is 0 Å². The molecule has 0 fully saturated rings. The van der Waals surface area contributed by atoms with Crippen LogP contribution >= 0.6 is 0 Å². The molecule has 134 valence electrons. The van der Waals surface area contributed by atoms with Crippen molar-refractivity contribution in [3.05, 3.63) is 24.3 Å². The van der Waals surface area contributed by atoms with Crippen LogP contribution in [-0.2, 0) is 9.53 Å². The smallest absolute Gasteiger partial charge is 0.330 e. The van der Waals surface area contributed by atoms with E-state index < -0.39 is 0 Å². The summed E-state index contributed by atoms with van der Waals surface area (Å²) in [5.74, 6) is -0.377. The normalized spacial score (nSPS) is 14.4. The van der Waals surface area contributed by atoms with Crippen molar-refractivity contribution in [2.75, 3.05) is 7.11 Å². The van der Waals surface area contributed by atoms with E-state index in [0.29, 0.717) is 19.3 Å². The number of hydrogen-bond acceptors (Lipinski definition) is 4. The summed E-state index contributed by atoms with van der Waals surface area (Å²) in [6.07, 6.45) is 15.6. The first-order valence-corrected chi connectivity index (χ1v) is 8.87. The second-order valence-corrected chi connectivity index (χ2v) is 5.98. The Morgan fingerprint density at radius 3 is 2.26 bits per heavy atom. The lowest BCUT2D eigenvalue weighted by atomic mass is 10.0. The molecule has 4 heteroatoms. The van der Waals surface area contributed by atoms with Crippen LogP contribution in [0.25, 0.3) is 0 Å². The number of hydrogen-bond donors (Lipinski definition) is 2. The molecule has 0 saturated carbocycles. The van der Waals surface area contributed by atoms with Crippen molar-refractivity contribution < 1.29 is 19.7 Å². The predicted octanol–water partition coefficient (Wildman–Crippen LogP) is 3.91. The van der Waals surface area contributed by atoms with Crippen LogP contribution in [0, 0.1) is 0 Å². The zero-order valence-electron chi connectivity index (χ0n) is 14.7. The number of rotatable bonds is 14. The Morgan fingerprint density at radius 2 is 1.61 bits per heavy atom. The fourth-order valence-corrected chi connectivity index (χ4v) is 2.32. The van der Waals surface area contributed by atoms with Gasteiger partial charge in [0.2, 0.25) is 0 Å². The molecule has 0 aromatic heterocycles. The Morgan fingerprint density at radius 1 is 0.957 bits per heavy atom. The second-order valence-electron chi connectivity index (χ2n) is 5.98. The highest BCUT2D eigenvalue weighted by Gasteiger charge is 2.08. The first kappa shape index (κ1) is 21.9. The number of unbranched alkanes of at least 4 members (excludes halogenated alkanes) is 4. The fourth-order valence-electron chi connectivity index (χ4n) is 2.32. The number of carbonyl (C=O) groups is 1. The highest BCUT2D eigenvalue weighted by molar-refractivity contribution is 5.82. The lowest BCUT2D eigenvalue weighted by Crippen LogP contribution is -2.13. The van der Waals surface area contributed by atoms with Gasteiger partial charge in [0.15, 0.2) is 0 Å². The molecule has 0 aromatic rings. The number of ether oxygens (including phenoxy) is 1. The van der Waals surface area contributed by atoms with Gasteiger partial charge in [0, 0.05) is 6.08 Å². The quantitative estimate of drug-likeness (QED) is 0.220. The Labute approximate surface area is 141 Å². The minimum absolute atomic E-state index is 0.287. The lowest BCUT2D eigenvalue weighted by Gasteiger charge is -2.13. The summed E-state index contributed by atoms with van der Waals surface area (Å²) in [5.41, 5.74) is 0. The van der Waals surface area contributed by atoms with E-state index in [0.717, 1.165) is 19.3 Å². The van der Waals surface area contributed by atoms with Crippen LogP contribution in [0.3, 0.4) is 0 Å². The highest BCUT2D eigenvalue weighted by atomic mass is 16.5. The number of aliphatic hydroxyl groups excluding tert-OH is 2. The minimum atomic E-state index is -0.377. The van der Waals surface area contributed by atoms with Gasteiger partial charge in [-0.3, -0.25) is 0 Å². The Hall–Kier alpha value is -1.13. The molecule has 0 aliphatic rings. The topological polar surface area (TPSA) is 66.8 Å². The van der Waals surface area contributed by atoms with Gasteiger partial charge in [0.25, 0.3) is 0 Å². The third kappa shape index (κ3) is 15.5. The molecule has 0 saturated heterocycles. The van der Waals surface area contributed by atoms with Gasteiger partial charge in [-0.15, -0.1) is 0 Å². The zero-order chi connectivity index (χ0) is 17.3. The molecule has 0 aromatic carbocycles. The van der Waals surface area contributed by atoms with E-state index in [2.05, 4.69) is 11.7 Å². The molecule has 0 spiro atoms. The summed E-state index contributed by atoms with van der Waals surface area (Å²) < 4.78 is 4.47. The molecule has 0 aliphatic heterocycles. The number of methoxy groups -OCH3 is 1. The Balaban J connectivity index is 3.58. The largest absolute Gasteiger partial charge is 0.466 e. The lowest BCUT2D eigenvalue weighted by molar-refractivity contribution is -0.134. The maximum atomic E-state index is 10.8. The van der Waals surface area contributed by atoms with Gasteiger partial charge in [-0.25, -0.2) is 4.79 Å². The molecule has 0 heterocycles. The fraction of sp³-hybridized carbons (Fsp3) is 0.737. The highest BCUT2D eigenvalue weighted by Crippen LogP contribution is 2.13. The summed E-state index contributed by atoms with van der Waals surface area (Å²) in [5, 5.41) is 19.8. The molecule has 0 radical (unpaired) electrons. The molecule has 0 bridgehead atoms. The van der Waals surface area contributed by atoms with Crippen LogP contribution in [0.5, 0.6) is 0 Å². The Bertz CT molecular complexity index is 336. The van der Waals surface area contributed by atoms with Crippen molar-refractivity contribution in [3.8, 4) is 0 Å². The number of allylic oxidation sites excluding steroid dienone is 3. The summed E-state index contributed by atoms with van der Waals surface area (Å²) in [7, 11) is 1.34. The maximum absolute atomic E-state index is 10.8. The third-order valence-corrected chi connectivity index (χ3v) is 3.82. The molecule has 2 unspecified atom stereocenters. The van der Waals surface area contributed by atoms with Crippen LogP contribution in [0.15, 0.2) is 24.3 Å². The maximum Gasteiger partial charge on any atom is 0.330 e. The molecule has 0 aliphatic carbocycles. The molecule has 2 atom stereocenters. The summed E-state index contributed by atoms with van der Waals surface area (Å²) >= 11 is 0. The van der Waals surface area contributed by atoms with Crippen molar-refractivity contribution in [2.45, 2.75) is 83.3 Å². The average Bonchev–Trinajstić information content (AvgIpc) is 2.55. The van der Waals surface area contributed by atoms with E-state index in [1.54, 1.807) is 12.2 Å². The Kier molecular flexibility index (Phi) is 15.0. The molecular formula is C19H34O4. The van der Waals surface area contributed by atoms with Gasteiger partial charge in [-0.2, -0.15) is 0 Å². The molecule has 2 N–H and O–H groups in total. The monoisotopic (exact) mass is 326 g/mol. The molecular weight excluding hydrogens is 292 g/mol. The minimum Gasteiger partial charge on any atom is -0.466 e. The molecule has 0 amide bonds. The SMILES string of the molecule is CCCCCCCC(O)CCC(O)CCC=CC=CC(=O)OC. The van der Waals surface area contributed by atoms with Crippen molar-refractivity contribution in [3.63, 3.8) is 0 Å². The first-order chi connectivity index (χ1) is 11.1. The van der Waals surface area contributed by atoms with Crippen LogP contribution in [0.2, 0.25) is 0 Å². The van der Waals surface area contributed by atoms with Gasteiger partial charge in [-0.1, -0.05) is 57.3 Å². The number of carbonyl (C=O) groups excluding carboxylic acids is 1. The van der Waals surface area contributed by atoms with Gasteiger partial charge in [0.05, 0.1) is 19.3 Å². The van der Waals surface area contributed by atoms with Gasteiger partial charge in [-0.05, 0) is 32.1 Å². The zero-order valence-corrected chi connectivity index (χ0v) is 14.7. The van der Waals surface area contributed by atoms with E-state index in [4.69, 9.17) is 0 Å². The predicted molar refractivity (Wildman–Crippen MR) is 94.2 cm³/mol. The van der Waals surface area contributed by atoms with Crippen molar-refractivity contribution >= 4 is 5.97 Å². The van der Waals surface area contributed by atoms with E-state index in [1.807, 2.05) is 6.08 Å². The number of aliphatic hydroxyl groups is 2. The summed E-state index contributed by atoms with van der Waals surface area (Å²) in [6.45, 7) is 2.20. The van der Waals surface area contributed by atoms with Crippen LogP contribution in [-0.4, -0.2) is 35.5 Å². The van der Waals surface area contributed by atoms with E-state index in [9.17, 15) is 15.0 Å². The second kappa shape index (κ2) is 15.8. The average molecular weight is 326 g/mol. The van der Waals surface area contributed by atoms with Crippen molar-refractivity contribution in [2.24, 2.45) is 0 Å². The van der Waals surface area contributed by atoms with Crippen LogP contribution in [0.4, 0.5) is 0 Å². The molecule has 23 heavy (non-hydrogen) atoms. The van der Waals surface area contributed by atoms with Gasteiger partial charge < -0.3 is 14.9 Å². The van der Waals surface area contributed by atoms with Gasteiger partial charge >= 0.3 is 5.97 Å². The summed E-state index contributed by atoms with van der Waals surface area (Å²) in [6, 6.07) is 0. The molecule has 0 rings (SSSR count). The third-order valence-electron chi connectivity index (χ3n) is 3.82.